The lowest BCUT2D eigenvalue weighted by Crippen LogP contribution is -2.42. The number of anilines is 2. The van der Waals surface area contributed by atoms with Gasteiger partial charge < -0.3 is 25.7 Å². The number of amides is 1. The summed E-state index contributed by atoms with van der Waals surface area (Å²) >= 11 is 0. The van der Waals surface area contributed by atoms with Crippen LogP contribution in [-0.2, 0) is 15.7 Å². The van der Waals surface area contributed by atoms with Gasteiger partial charge in [-0.05, 0) is 18.2 Å². The van der Waals surface area contributed by atoms with Gasteiger partial charge in [0.15, 0.2) is 12.0 Å². The number of carbonyl (C=O) groups is 1. The second-order valence-corrected chi connectivity index (χ2v) is 10.4. The third kappa shape index (κ3) is 6.45. The van der Waals surface area contributed by atoms with Gasteiger partial charge in [-0.1, -0.05) is 48.5 Å². The zero-order valence-electron chi connectivity index (χ0n) is 23.8. The predicted molar refractivity (Wildman–Crippen MR) is 163 cm³/mol. The number of halogens is 3. The average Bonchev–Trinajstić information content (AvgIpc) is 3.44. The normalized spacial score (nSPS) is 16.7. The summed E-state index contributed by atoms with van der Waals surface area (Å²) in [4.78, 5) is 23.4. The zero-order valence-corrected chi connectivity index (χ0v) is 23.8. The van der Waals surface area contributed by atoms with Gasteiger partial charge in [0, 0.05) is 36.8 Å². The van der Waals surface area contributed by atoms with Crippen LogP contribution in [0.25, 0.3) is 5.69 Å². The van der Waals surface area contributed by atoms with Crippen molar-refractivity contribution in [3.63, 3.8) is 0 Å². The molecule has 1 amide bonds. The summed E-state index contributed by atoms with van der Waals surface area (Å²) in [5.74, 6) is -0.150. The minimum atomic E-state index is -4.58. The van der Waals surface area contributed by atoms with Gasteiger partial charge in [0.2, 0.25) is 0 Å². The number of aliphatic imine (C=N–C) groups is 1. The number of ether oxygens (including phenoxy) is 1. The van der Waals surface area contributed by atoms with Crippen LogP contribution in [0.3, 0.4) is 0 Å². The molecule has 11 nitrogen and oxygen atoms in total. The number of rotatable bonds is 7. The van der Waals surface area contributed by atoms with Crippen molar-refractivity contribution in [1.82, 2.24) is 20.1 Å². The first kappa shape index (κ1) is 29.7. The third-order valence-electron chi connectivity index (χ3n) is 7.29. The molecule has 14 heteroatoms. The standard InChI is InChI=1S/C31H28F3N9O2/c32-31(33,34)25-11-10-20(17-37-25)43-18-22(29(41-43)42-12-14-45-15-13-42)23(35)16-26(36)39-28-30(44)38-24-9-5-4-8-21(24)27(40-28)19-6-2-1-3-7-19/h1-11,17-18,28,35H,12-16H2,(H2,36,39)(H,38,44). The molecular weight excluding hydrogens is 587 g/mol. The van der Waals surface area contributed by atoms with Crippen molar-refractivity contribution in [2.24, 2.45) is 4.99 Å². The van der Waals surface area contributed by atoms with Gasteiger partial charge in [0.25, 0.3) is 5.91 Å². The maximum atomic E-state index is 13.2. The van der Waals surface area contributed by atoms with E-state index in [1.165, 1.54) is 16.9 Å². The van der Waals surface area contributed by atoms with E-state index >= 15 is 0 Å². The minimum absolute atomic E-state index is 0.0182. The fourth-order valence-corrected chi connectivity index (χ4v) is 5.08. The van der Waals surface area contributed by atoms with Crippen molar-refractivity contribution in [2.45, 2.75) is 18.8 Å². The average molecular weight is 616 g/mol. The Labute approximate surface area is 255 Å². The molecule has 0 radical (unpaired) electrons. The van der Waals surface area contributed by atoms with E-state index in [4.69, 9.17) is 20.5 Å². The van der Waals surface area contributed by atoms with Crippen LogP contribution < -0.4 is 15.5 Å². The smallest absolute Gasteiger partial charge is 0.378 e. The van der Waals surface area contributed by atoms with Gasteiger partial charge in [-0.25, -0.2) is 14.7 Å². The molecule has 2 aromatic heterocycles. The topological polar surface area (TPSA) is 144 Å². The lowest BCUT2D eigenvalue weighted by atomic mass is 10.0. The Balaban J connectivity index is 1.25. The van der Waals surface area contributed by atoms with Crippen LogP contribution in [0.5, 0.6) is 0 Å². The molecule has 1 saturated heterocycles. The molecule has 2 aromatic carbocycles. The van der Waals surface area contributed by atoms with Crippen molar-refractivity contribution >= 4 is 34.7 Å². The molecule has 0 spiro atoms. The summed E-state index contributed by atoms with van der Waals surface area (Å²) in [5, 5.41) is 27.9. The SMILES string of the molecule is N=C(CC(=N)c1cn(-c2ccc(C(F)(F)F)nc2)nc1N1CCOCC1)NC1N=C(c2ccccc2)c2ccccc2NC1=O. The number of hydrogen-bond acceptors (Lipinski definition) is 8. The summed E-state index contributed by atoms with van der Waals surface area (Å²) in [7, 11) is 0. The Kier molecular flexibility index (Phi) is 8.13. The first-order valence-corrected chi connectivity index (χ1v) is 14.1. The van der Waals surface area contributed by atoms with Crippen LogP contribution in [-0.4, -0.2) is 70.4 Å². The summed E-state index contributed by atoms with van der Waals surface area (Å²) < 4.78 is 46.0. The number of aromatic nitrogens is 3. The van der Waals surface area contributed by atoms with Crippen molar-refractivity contribution in [1.29, 1.82) is 10.8 Å². The highest BCUT2D eigenvalue weighted by Crippen LogP contribution is 2.29. The van der Waals surface area contributed by atoms with Crippen molar-refractivity contribution in [2.75, 3.05) is 36.5 Å². The molecule has 6 rings (SSSR count). The van der Waals surface area contributed by atoms with Crippen LogP contribution in [0.1, 0.15) is 28.8 Å². The maximum Gasteiger partial charge on any atom is 0.433 e. The van der Waals surface area contributed by atoms with Crippen molar-refractivity contribution in [3.8, 4) is 5.69 Å². The predicted octanol–water partition coefficient (Wildman–Crippen LogP) is 4.26. The lowest BCUT2D eigenvalue weighted by Gasteiger charge is -2.27. The Morgan fingerprint density at radius 2 is 1.76 bits per heavy atom. The number of benzene rings is 2. The van der Waals surface area contributed by atoms with E-state index < -0.39 is 23.9 Å². The zero-order chi connectivity index (χ0) is 31.6. The first-order chi connectivity index (χ1) is 21.7. The number of nitrogens with zero attached hydrogens (tertiary/aromatic N) is 5. The molecule has 1 atom stereocenters. The second kappa shape index (κ2) is 12.3. The Hall–Kier alpha value is -5.37. The molecule has 4 heterocycles. The van der Waals surface area contributed by atoms with Crippen LogP contribution in [0, 0.1) is 10.8 Å². The number of fused-ring (bicyclic) bond motifs is 1. The Morgan fingerprint density at radius 1 is 1.02 bits per heavy atom. The molecule has 1 fully saturated rings. The van der Waals surface area contributed by atoms with Gasteiger partial charge in [-0.2, -0.15) is 13.2 Å². The highest BCUT2D eigenvalue weighted by Gasteiger charge is 2.32. The highest BCUT2D eigenvalue weighted by atomic mass is 19.4. The second-order valence-electron chi connectivity index (χ2n) is 10.4. The molecule has 4 N–H and O–H groups in total. The number of pyridine rings is 1. The molecule has 1 unspecified atom stereocenters. The van der Waals surface area contributed by atoms with Crippen LogP contribution in [0.4, 0.5) is 24.7 Å². The van der Waals surface area contributed by atoms with Crippen LogP contribution >= 0.6 is 0 Å². The molecule has 2 aliphatic heterocycles. The van der Waals surface area contributed by atoms with Gasteiger partial charge in [-0.3, -0.25) is 10.2 Å². The number of alkyl halides is 3. The Morgan fingerprint density at radius 3 is 2.47 bits per heavy atom. The molecule has 0 aliphatic carbocycles. The summed E-state index contributed by atoms with van der Waals surface area (Å²) in [6.45, 7) is 1.88. The van der Waals surface area contributed by atoms with Crippen molar-refractivity contribution < 1.29 is 22.7 Å². The molecule has 0 bridgehead atoms. The van der Waals surface area contributed by atoms with Crippen LogP contribution in [0.15, 0.2) is 84.1 Å². The van der Waals surface area contributed by atoms with Gasteiger partial charge >= 0.3 is 6.18 Å². The van der Waals surface area contributed by atoms with Crippen LogP contribution in [0.2, 0.25) is 0 Å². The molecule has 2 aliphatic rings. The summed E-state index contributed by atoms with van der Waals surface area (Å²) in [6, 6.07) is 18.9. The number of morpholine rings is 1. The largest absolute Gasteiger partial charge is 0.433 e. The molecule has 230 valence electrons. The fraction of sp³-hybridized carbons (Fsp3) is 0.226. The lowest BCUT2D eigenvalue weighted by molar-refractivity contribution is -0.141. The molecule has 4 aromatic rings. The number of nitrogens with one attached hydrogen (secondary N) is 4. The highest BCUT2D eigenvalue weighted by molar-refractivity contribution is 6.20. The number of amidine groups is 1. The first-order valence-electron chi connectivity index (χ1n) is 14.1. The summed E-state index contributed by atoms with van der Waals surface area (Å²) in [6.07, 6.45) is -3.31. The number of para-hydroxylation sites is 1. The van der Waals surface area contributed by atoms with E-state index in [0.717, 1.165) is 23.4 Å². The van der Waals surface area contributed by atoms with E-state index in [-0.39, 0.29) is 23.7 Å². The molecule has 0 saturated carbocycles. The maximum absolute atomic E-state index is 13.2. The number of hydrogen-bond donors (Lipinski definition) is 4. The Bertz CT molecular complexity index is 1760. The van der Waals surface area contributed by atoms with Gasteiger partial charge in [-0.15, -0.1) is 5.10 Å². The fourth-order valence-electron chi connectivity index (χ4n) is 5.08. The monoisotopic (exact) mass is 615 g/mol. The molecular formula is C31H28F3N9O2. The summed E-state index contributed by atoms with van der Waals surface area (Å²) in [5.41, 5.74) is 2.36. The van der Waals surface area contributed by atoms with E-state index in [2.05, 4.69) is 20.7 Å². The molecule has 45 heavy (non-hydrogen) atoms. The number of carbonyl (C=O) groups excluding carboxylic acids is 1. The minimum Gasteiger partial charge on any atom is -0.378 e. The van der Waals surface area contributed by atoms with Crippen molar-refractivity contribution in [3.05, 3.63) is 102 Å². The van der Waals surface area contributed by atoms with E-state index in [0.29, 0.717) is 49.1 Å². The quantitative estimate of drug-likeness (QED) is 0.181. The number of benzodiazepines with no additional fused rings is 1. The van der Waals surface area contributed by atoms with E-state index in [9.17, 15) is 18.0 Å². The van der Waals surface area contributed by atoms with Gasteiger partial charge in [0.1, 0.15) is 11.5 Å². The third-order valence-corrected chi connectivity index (χ3v) is 7.29. The van der Waals surface area contributed by atoms with E-state index in [1.54, 1.807) is 6.07 Å². The van der Waals surface area contributed by atoms with E-state index in [1.807, 2.05) is 53.4 Å². The van der Waals surface area contributed by atoms with Gasteiger partial charge in [0.05, 0.1) is 47.8 Å².